The number of hydrogen-bond acceptors (Lipinski definition) is 5. The number of nitrogens with one attached hydrogen (secondary N) is 1. The fourth-order valence-electron chi connectivity index (χ4n) is 1.34. The van der Waals surface area contributed by atoms with Crippen LogP contribution in [0.2, 0.25) is 0 Å². The molecule has 0 radical (unpaired) electrons. The van der Waals surface area contributed by atoms with Crippen molar-refractivity contribution in [2.24, 2.45) is 5.41 Å². The summed E-state index contributed by atoms with van der Waals surface area (Å²) >= 11 is 0. The quantitative estimate of drug-likeness (QED) is 0.358. The molecule has 0 aromatic carbocycles. The van der Waals surface area contributed by atoms with Gasteiger partial charge in [-0.2, -0.15) is 0 Å². The first kappa shape index (κ1) is 16.8. The summed E-state index contributed by atoms with van der Waals surface area (Å²) in [7, 11) is 0. The number of hydrogen-bond donors (Lipinski definition) is 4. The van der Waals surface area contributed by atoms with Gasteiger partial charge in [0.1, 0.15) is 0 Å². The maximum Gasteiger partial charge on any atom is 0.0629 e. The van der Waals surface area contributed by atoms with Gasteiger partial charge < -0.3 is 25.4 Å². The summed E-state index contributed by atoms with van der Waals surface area (Å²) in [6, 6.07) is 0. The third kappa shape index (κ3) is 7.68. The third-order valence-corrected chi connectivity index (χ3v) is 2.79. The Morgan fingerprint density at radius 2 is 1.65 bits per heavy atom. The third-order valence-electron chi connectivity index (χ3n) is 2.79. The van der Waals surface area contributed by atoms with E-state index >= 15 is 0 Å². The number of aliphatic hydroxyl groups excluding tert-OH is 3. The predicted octanol–water partition coefficient (Wildman–Crippen LogP) is -0.254. The predicted molar refractivity (Wildman–Crippen MR) is 66.9 cm³/mol. The first-order chi connectivity index (χ1) is 8.24. The van der Waals surface area contributed by atoms with Crippen molar-refractivity contribution in [1.29, 1.82) is 0 Å². The van der Waals surface area contributed by atoms with Crippen molar-refractivity contribution in [2.45, 2.75) is 26.2 Å². The van der Waals surface area contributed by atoms with Gasteiger partial charge in [0, 0.05) is 6.54 Å². The van der Waals surface area contributed by atoms with Crippen molar-refractivity contribution < 1.29 is 20.1 Å². The van der Waals surface area contributed by atoms with Gasteiger partial charge in [-0.1, -0.05) is 19.8 Å². The maximum absolute atomic E-state index is 9.06. The Kier molecular flexibility index (Phi) is 10.8. The minimum Gasteiger partial charge on any atom is -0.396 e. The lowest BCUT2D eigenvalue weighted by molar-refractivity contribution is -0.0569. The second kappa shape index (κ2) is 10.9. The molecule has 0 bridgehead atoms. The lowest BCUT2D eigenvalue weighted by Gasteiger charge is -2.26. The molecule has 0 aliphatic heterocycles. The molecule has 0 rings (SSSR count). The molecule has 0 fully saturated rings. The molecule has 0 heterocycles. The normalized spacial score (nSPS) is 12.0. The lowest BCUT2D eigenvalue weighted by Crippen LogP contribution is -2.39. The molecule has 5 heteroatoms. The molecule has 0 aliphatic carbocycles. The summed E-state index contributed by atoms with van der Waals surface area (Å²) < 4.78 is 5.34. The van der Waals surface area contributed by atoms with E-state index in [2.05, 4.69) is 12.2 Å². The molecule has 17 heavy (non-hydrogen) atoms. The van der Waals surface area contributed by atoms with Crippen molar-refractivity contribution in [3.8, 4) is 0 Å². The van der Waals surface area contributed by atoms with Crippen LogP contribution in [-0.2, 0) is 4.74 Å². The van der Waals surface area contributed by atoms with Crippen LogP contribution in [0.5, 0.6) is 0 Å². The summed E-state index contributed by atoms with van der Waals surface area (Å²) in [5, 5.41) is 30.4. The summed E-state index contributed by atoms with van der Waals surface area (Å²) in [6.07, 6.45) is 3.62. The highest BCUT2D eigenvalue weighted by molar-refractivity contribution is 4.76. The maximum atomic E-state index is 9.06. The molecule has 0 amide bonds. The second-order valence-corrected chi connectivity index (χ2v) is 4.48. The van der Waals surface area contributed by atoms with Crippen LogP contribution in [0.3, 0.4) is 0 Å². The molecule has 0 unspecified atom stereocenters. The van der Waals surface area contributed by atoms with Crippen LogP contribution >= 0.6 is 0 Å². The first-order valence-corrected chi connectivity index (χ1v) is 6.35. The Bertz CT molecular complexity index is 154. The molecule has 104 valence electrons. The van der Waals surface area contributed by atoms with E-state index in [0.717, 1.165) is 13.1 Å². The van der Waals surface area contributed by atoms with E-state index in [1.165, 1.54) is 19.3 Å². The van der Waals surface area contributed by atoms with Crippen molar-refractivity contribution in [3.63, 3.8) is 0 Å². The zero-order chi connectivity index (χ0) is 13.0. The van der Waals surface area contributed by atoms with Crippen molar-refractivity contribution >= 4 is 0 Å². The molecule has 4 N–H and O–H groups in total. The SMILES string of the molecule is CCCCCNCCOCC(CO)(CO)CO. The Balaban J connectivity index is 3.43. The van der Waals surface area contributed by atoms with Crippen LogP contribution in [0.15, 0.2) is 0 Å². The smallest absolute Gasteiger partial charge is 0.0629 e. The molecule has 0 saturated carbocycles. The highest BCUT2D eigenvalue weighted by atomic mass is 16.5. The Hall–Kier alpha value is -0.200. The standard InChI is InChI=1S/C12H27NO4/c1-2-3-4-5-13-6-7-17-11-12(8-14,9-15)10-16/h13-16H,2-11H2,1H3. The largest absolute Gasteiger partial charge is 0.396 e. The molecular formula is C12H27NO4. The van der Waals surface area contributed by atoms with Crippen molar-refractivity contribution in [3.05, 3.63) is 0 Å². The summed E-state index contributed by atoms with van der Waals surface area (Å²) in [6.45, 7) is 3.78. The van der Waals surface area contributed by atoms with Gasteiger partial charge in [-0.05, 0) is 13.0 Å². The fourth-order valence-corrected chi connectivity index (χ4v) is 1.34. The summed E-state index contributed by atoms with van der Waals surface area (Å²) in [4.78, 5) is 0. The van der Waals surface area contributed by atoms with Crippen LogP contribution in [0.1, 0.15) is 26.2 Å². The lowest BCUT2D eigenvalue weighted by atomic mass is 9.93. The van der Waals surface area contributed by atoms with E-state index in [1.54, 1.807) is 0 Å². The highest BCUT2D eigenvalue weighted by Crippen LogP contribution is 2.14. The average Bonchev–Trinajstić information content (AvgIpc) is 2.38. The number of unbranched alkanes of at least 4 members (excludes halogenated alkanes) is 2. The van der Waals surface area contributed by atoms with E-state index < -0.39 is 5.41 Å². The van der Waals surface area contributed by atoms with Gasteiger partial charge >= 0.3 is 0 Å². The Morgan fingerprint density at radius 3 is 2.18 bits per heavy atom. The fraction of sp³-hybridized carbons (Fsp3) is 1.00. The molecule has 0 saturated heterocycles. The molecule has 0 atom stereocenters. The van der Waals surface area contributed by atoms with Crippen LogP contribution < -0.4 is 5.32 Å². The number of ether oxygens (including phenoxy) is 1. The minimum absolute atomic E-state index is 0.174. The molecular weight excluding hydrogens is 222 g/mol. The van der Waals surface area contributed by atoms with E-state index in [1.807, 2.05) is 0 Å². The van der Waals surface area contributed by atoms with Gasteiger partial charge in [0.2, 0.25) is 0 Å². The highest BCUT2D eigenvalue weighted by Gasteiger charge is 2.28. The van der Waals surface area contributed by atoms with Crippen molar-refractivity contribution in [2.75, 3.05) is 46.1 Å². The summed E-state index contributed by atoms with van der Waals surface area (Å²) in [5.41, 5.74) is -0.914. The zero-order valence-electron chi connectivity index (χ0n) is 10.8. The molecule has 0 aliphatic rings. The van der Waals surface area contributed by atoms with Crippen LogP contribution in [0, 0.1) is 5.41 Å². The first-order valence-electron chi connectivity index (χ1n) is 6.35. The van der Waals surface area contributed by atoms with Gasteiger partial charge in [-0.25, -0.2) is 0 Å². The van der Waals surface area contributed by atoms with E-state index in [-0.39, 0.29) is 26.4 Å². The minimum atomic E-state index is -0.914. The summed E-state index contributed by atoms with van der Waals surface area (Å²) in [5.74, 6) is 0. The molecule has 0 aromatic heterocycles. The zero-order valence-corrected chi connectivity index (χ0v) is 10.8. The van der Waals surface area contributed by atoms with Crippen LogP contribution in [0.4, 0.5) is 0 Å². The van der Waals surface area contributed by atoms with Gasteiger partial charge in [0.15, 0.2) is 0 Å². The Labute approximate surface area is 104 Å². The molecule has 0 spiro atoms. The number of rotatable bonds is 12. The van der Waals surface area contributed by atoms with Crippen LogP contribution in [0.25, 0.3) is 0 Å². The monoisotopic (exact) mass is 249 g/mol. The Morgan fingerprint density at radius 1 is 1.00 bits per heavy atom. The average molecular weight is 249 g/mol. The van der Waals surface area contributed by atoms with Gasteiger partial charge in [0.05, 0.1) is 38.4 Å². The molecule has 5 nitrogen and oxygen atoms in total. The van der Waals surface area contributed by atoms with Gasteiger partial charge in [-0.15, -0.1) is 0 Å². The van der Waals surface area contributed by atoms with Crippen molar-refractivity contribution in [1.82, 2.24) is 5.32 Å². The van der Waals surface area contributed by atoms with E-state index in [9.17, 15) is 0 Å². The second-order valence-electron chi connectivity index (χ2n) is 4.48. The topological polar surface area (TPSA) is 82.0 Å². The van der Waals surface area contributed by atoms with Crippen LogP contribution in [-0.4, -0.2) is 61.4 Å². The van der Waals surface area contributed by atoms with E-state index in [0.29, 0.717) is 6.61 Å². The van der Waals surface area contributed by atoms with Gasteiger partial charge in [-0.3, -0.25) is 0 Å². The molecule has 0 aromatic rings. The van der Waals surface area contributed by atoms with E-state index in [4.69, 9.17) is 20.1 Å². The number of aliphatic hydroxyl groups is 3. The van der Waals surface area contributed by atoms with Gasteiger partial charge in [0.25, 0.3) is 0 Å².